The average molecular weight is 335 g/mol. The zero-order valence-electron chi connectivity index (χ0n) is 13.1. The predicted octanol–water partition coefficient (Wildman–Crippen LogP) is 2.61. The van der Waals surface area contributed by atoms with Crippen LogP contribution in [0.15, 0.2) is 23.0 Å². The van der Waals surface area contributed by atoms with Crippen molar-refractivity contribution >= 4 is 11.6 Å². The summed E-state index contributed by atoms with van der Waals surface area (Å²) in [5, 5.41) is 13.6. The van der Waals surface area contributed by atoms with Crippen molar-refractivity contribution in [3.63, 3.8) is 0 Å². The highest BCUT2D eigenvalue weighted by atomic mass is 35.5. The third-order valence-corrected chi connectivity index (χ3v) is 3.97. The Morgan fingerprint density at radius 1 is 1.43 bits per heavy atom. The van der Waals surface area contributed by atoms with Gasteiger partial charge >= 0.3 is 0 Å². The topological polar surface area (TPSA) is 61.9 Å². The van der Waals surface area contributed by atoms with Gasteiger partial charge < -0.3 is 0 Å². The summed E-state index contributed by atoms with van der Waals surface area (Å²) in [5.74, 6) is -0.401. The fourth-order valence-electron chi connectivity index (χ4n) is 2.23. The SMILES string of the molecule is Cc1nn(CN(C)Cc2c(F)cccc2Cl)c(=O)c(C#N)c1C. The molecule has 0 atom stereocenters. The van der Waals surface area contributed by atoms with Gasteiger partial charge in [0.2, 0.25) is 0 Å². The van der Waals surface area contributed by atoms with E-state index in [2.05, 4.69) is 5.10 Å². The molecule has 0 saturated carbocycles. The molecule has 1 aromatic heterocycles. The van der Waals surface area contributed by atoms with E-state index in [1.807, 2.05) is 6.07 Å². The molecule has 2 aromatic rings. The number of benzene rings is 1. The molecule has 0 N–H and O–H groups in total. The third kappa shape index (κ3) is 3.58. The lowest BCUT2D eigenvalue weighted by Crippen LogP contribution is -2.34. The van der Waals surface area contributed by atoms with Gasteiger partial charge in [-0.05, 0) is 38.6 Å². The van der Waals surface area contributed by atoms with Gasteiger partial charge in [-0.3, -0.25) is 9.69 Å². The molecule has 0 amide bonds. The molecule has 0 saturated heterocycles. The van der Waals surface area contributed by atoms with Gasteiger partial charge in [-0.15, -0.1) is 0 Å². The first-order valence-corrected chi connectivity index (χ1v) is 7.32. The number of rotatable bonds is 4. The molecular formula is C16H16ClFN4O. The molecule has 120 valence electrons. The lowest BCUT2D eigenvalue weighted by molar-refractivity contribution is 0.236. The van der Waals surface area contributed by atoms with Crippen molar-refractivity contribution in [2.75, 3.05) is 7.05 Å². The van der Waals surface area contributed by atoms with Crippen molar-refractivity contribution in [2.45, 2.75) is 27.1 Å². The van der Waals surface area contributed by atoms with E-state index < -0.39 is 11.4 Å². The summed E-state index contributed by atoms with van der Waals surface area (Å²) >= 11 is 6.01. The van der Waals surface area contributed by atoms with Gasteiger partial charge in [-0.2, -0.15) is 10.4 Å². The fraction of sp³-hybridized carbons (Fsp3) is 0.312. The van der Waals surface area contributed by atoms with E-state index in [9.17, 15) is 9.18 Å². The second kappa shape index (κ2) is 6.90. The third-order valence-electron chi connectivity index (χ3n) is 3.61. The minimum atomic E-state index is -0.456. The van der Waals surface area contributed by atoms with E-state index >= 15 is 0 Å². The summed E-state index contributed by atoms with van der Waals surface area (Å²) in [6, 6.07) is 6.40. The molecule has 0 fully saturated rings. The number of hydrogen-bond donors (Lipinski definition) is 0. The van der Waals surface area contributed by atoms with Crippen LogP contribution in [0.2, 0.25) is 5.02 Å². The van der Waals surface area contributed by atoms with E-state index in [1.165, 1.54) is 16.8 Å². The molecule has 1 heterocycles. The van der Waals surface area contributed by atoms with Crippen molar-refractivity contribution in [3.8, 4) is 6.07 Å². The number of aryl methyl sites for hydroxylation is 1. The molecule has 7 heteroatoms. The maximum Gasteiger partial charge on any atom is 0.286 e. The molecule has 0 bridgehead atoms. The summed E-state index contributed by atoms with van der Waals surface area (Å²) in [6.45, 7) is 3.77. The minimum Gasteiger partial charge on any atom is -0.283 e. The molecule has 0 aliphatic heterocycles. The van der Waals surface area contributed by atoms with Crippen LogP contribution in [0.4, 0.5) is 4.39 Å². The Morgan fingerprint density at radius 2 is 2.13 bits per heavy atom. The van der Waals surface area contributed by atoms with Crippen LogP contribution >= 0.6 is 11.6 Å². The largest absolute Gasteiger partial charge is 0.286 e. The quantitative estimate of drug-likeness (QED) is 0.862. The Kier molecular flexibility index (Phi) is 5.14. The molecule has 0 aliphatic rings. The van der Waals surface area contributed by atoms with Crippen LogP contribution in [-0.2, 0) is 13.2 Å². The van der Waals surface area contributed by atoms with E-state index in [1.54, 1.807) is 31.9 Å². The maximum atomic E-state index is 13.8. The Labute approximate surface area is 138 Å². The van der Waals surface area contributed by atoms with Gasteiger partial charge in [-0.25, -0.2) is 9.07 Å². The van der Waals surface area contributed by atoms with Crippen LogP contribution in [-0.4, -0.2) is 21.7 Å². The lowest BCUT2D eigenvalue weighted by atomic mass is 10.1. The minimum absolute atomic E-state index is 0.0785. The summed E-state index contributed by atoms with van der Waals surface area (Å²) in [7, 11) is 1.72. The maximum absolute atomic E-state index is 13.8. The monoisotopic (exact) mass is 334 g/mol. The summed E-state index contributed by atoms with van der Waals surface area (Å²) in [6.07, 6.45) is 0. The lowest BCUT2D eigenvalue weighted by Gasteiger charge is -2.19. The van der Waals surface area contributed by atoms with Crippen LogP contribution in [0.3, 0.4) is 0 Å². The predicted molar refractivity (Wildman–Crippen MR) is 85.6 cm³/mol. The highest BCUT2D eigenvalue weighted by molar-refractivity contribution is 6.31. The molecule has 5 nitrogen and oxygen atoms in total. The molecular weight excluding hydrogens is 319 g/mol. The van der Waals surface area contributed by atoms with E-state index in [0.717, 1.165) is 0 Å². The number of nitriles is 1. The Hall–Kier alpha value is -2.23. The summed E-state index contributed by atoms with van der Waals surface area (Å²) in [4.78, 5) is 13.9. The highest BCUT2D eigenvalue weighted by Crippen LogP contribution is 2.20. The van der Waals surface area contributed by atoms with Crippen molar-refractivity contribution in [3.05, 3.63) is 61.8 Å². The van der Waals surface area contributed by atoms with Crippen LogP contribution in [0.25, 0.3) is 0 Å². The Balaban J connectivity index is 2.28. The average Bonchev–Trinajstić information content (AvgIpc) is 2.49. The fourth-order valence-corrected chi connectivity index (χ4v) is 2.45. The normalized spacial score (nSPS) is 10.8. The van der Waals surface area contributed by atoms with Crippen LogP contribution in [0.5, 0.6) is 0 Å². The van der Waals surface area contributed by atoms with Gasteiger partial charge in [0.1, 0.15) is 17.4 Å². The number of nitrogens with zero attached hydrogens (tertiary/aromatic N) is 4. The van der Waals surface area contributed by atoms with Crippen molar-refractivity contribution in [1.29, 1.82) is 5.26 Å². The second-order valence-electron chi connectivity index (χ2n) is 5.36. The highest BCUT2D eigenvalue weighted by Gasteiger charge is 2.14. The van der Waals surface area contributed by atoms with Gasteiger partial charge in [0.25, 0.3) is 5.56 Å². The van der Waals surface area contributed by atoms with E-state index in [0.29, 0.717) is 21.8 Å². The van der Waals surface area contributed by atoms with E-state index in [4.69, 9.17) is 16.9 Å². The van der Waals surface area contributed by atoms with Gasteiger partial charge in [0, 0.05) is 17.1 Å². The van der Waals surface area contributed by atoms with Crippen LogP contribution in [0, 0.1) is 31.0 Å². The van der Waals surface area contributed by atoms with Gasteiger partial charge in [0.05, 0.1) is 12.4 Å². The molecule has 0 spiro atoms. The molecule has 0 aliphatic carbocycles. The van der Waals surface area contributed by atoms with Crippen molar-refractivity contribution < 1.29 is 4.39 Å². The first-order chi connectivity index (χ1) is 10.8. The molecule has 2 rings (SSSR count). The molecule has 23 heavy (non-hydrogen) atoms. The Bertz CT molecular complexity index is 821. The standard InChI is InChI=1S/C16H16ClFN4O/c1-10-11(2)20-22(16(23)12(10)7-19)9-21(3)8-13-14(17)5-4-6-15(13)18/h4-6H,8-9H2,1-3H3. The first kappa shape index (κ1) is 17.1. The summed E-state index contributed by atoms with van der Waals surface area (Å²) in [5.41, 5.74) is 1.16. The Morgan fingerprint density at radius 3 is 2.74 bits per heavy atom. The second-order valence-corrected chi connectivity index (χ2v) is 5.76. The number of hydrogen-bond acceptors (Lipinski definition) is 4. The molecule has 1 aromatic carbocycles. The smallest absolute Gasteiger partial charge is 0.283 e. The number of halogens is 2. The van der Waals surface area contributed by atoms with Gasteiger partial charge in [0.15, 0.2) is 0 Å². The molecule has 0 unspecified atom stereocenters. The summed E-state index contributed by atoms with van der Waals surface area (Å²) < 4.78 is 15.0. The van der Waals surface area contributed by atoms with Crippen LogP contribution < -0.4 is 5.56 Å². The van der Waals surface area contributed by atoms with E-state index in [-0.39, 0.29) is 18.8 Å². The zero-order chi connectivity index (χ0) is 17.1. The first-order valence-electron chi connectivity index (χ1n) is 6.95. The zero-order valence-corrected chi connectivity index (χ0v) is 13.9. The van der Waals surface area contributed by atoms with Gasteiger partial charge in [-0.1, -0.05) is 17.7 Å². The van der Waals surface area contributed by atoms with Crippen molar-refractivity contribution in [1.82, 2.24) is 14.7 Å². The van der Waals surface area contributed by atoms with Crippen LogP contribution in [0.1, 0.15) is 22.4 Å². The van der Waals surface area contributed by atoms with Crippen molar-refractivity contribution in [2.24, 2.45) is 0 Å². The molecule has 0 radical (unpaired) electrons. The number of aromatic nitrogens is 2.